The monoisotopic (exact) mass is 382 g/mol. The zero-order chi connectivity index (χ0) is 17.8. The third kappa shape index (κ3) is 10.6. The van der Waals surface area contributed by atoms with Gasteiger partial charge in [0, 0.05) is 6.61 Å². The van der Waals surface area contributed by atoms with Crippen molar-refractivity contribution in [2.75, 3.05) is 6.61 Å². The van der Waals surface area contributed by atoms with E-state index in [0.29, 0.717) is 5.75 Å². The molecule has 0 aromatic heterocycles. The van der Waals surface area contributed by atoms with E-state index in [4.69, 9.17) is 9.62 Å². The maximum atomic E-state index is 11.7. The summed E-state index contributed by atoms with van der Waals surface area (Å²) in [5, 5.41) is 0. The average molecular weight is 382 g/mol. The van der Waals surface area contributed by atoms with Crippen molar-refractivity contribution < 1.29 is 53.4 Å². The van der Waals surface area contributed by atoms with Gasteiger partial charge in [-0.2, -0.15) is 8.42 Å². The Morgan fingerprint density at radius 3 is 2.20 bits per heavy atom. The summed E-state index contributed by atoms with van der Waals surface area (Å²) < 4.78 is 33.0. The molecule has 7 heteroatoms. The van der Waals surface area contributed by atoms with E-state index in [9.17, 15) is 8.42 Å². The molecule has 1 atom stereocenters. The summed E-state index contributed by atoms with van der Waals surface area (Å²) in [6, 6.07) is 7.30. The SMILES string of the molecule is CCCCCCCCc1ccc(OOS(=O)(=O)C(C)OCC)cc1.[H-].[Na+]. The molecule has 1 rings (SSSR count). The standard InChI is InChI=1S/C18H30O5S.Na.H/c1-4-6-7-8-9-10-11-17-12-14-18(15-13-17)22-23-24(19,20)16(3)21-5-2;;/h12-16H,4-11H2,1-3H3;;/q;+1;-1. The van der Waals surface area contributed by atoms with Crippen molar-refractivity contribution in [2.45, 2.75) is 71.2 Å². The molecule has 0 radical (unpaired) electrons. The number of benzene rings is 1. The summed E-state index contributed by atoms with van der Waals surface area (Å²) in [5.41, 5.74) is 0.151. The average Bonchev–Trinajstić information content (AvgIpc) is 2.57. The summed E-state index contributed by atoms with van der Waals surface area (Å²) in [5.74, 6) is 0.356. The van der Waals surface area contributed by atoms with Crippen LogP contribution in [0, 0.1) is 0 Å². The molecule has 140 valence electrons. The summed E-state index contributed by atoms with van der Waals surface area (Å²) in [6.45, 7) is 5.63. The minimum Gasteiger partial charge on any atom is -1.00 e. The Hall–Kier alpha value is -0.110. The first-order valence-electron chi connectivity index (χ1n) is 8.80. The molecule has 0 aliphatic rings. The number of hydrogen-bond donors (Lipinski definition) is 0. The first kappa shape index (κ1) is 24.9. The summed E-state index contributed by atoms with van der Waals surface area (Å²) in [6.07, 6.45) is 8.62. The molecule has 25 heavy (non-hydrogen) atoms. The van der Waals surface area contributed by atoms with Gasteiger partial charge in [-0.15, -0.1) is 0 Å². The van der Waals surface area contributed by atoms with Crippen LogP contribution in [0.4, 0.5) is 0 Å². The summed E-state index contributed by atoms with van der Waals surface area (Å²) in [7, 11) is -3.90. The topological polar surface area (TPSA) is 61.8 Å². The fourth-order valence-corrected chi connectivity index (χ4v) is 2.87. The molecule has 1 aromatic rings. The van der Waals surface area contributed by atoms with E-state index in [-0.39, 0.29) is 37.6 Å². The van der Waals surface area contributed by atoms with Crippen LogP contribution in [0.2, 0.25) is 0 Å². The van der Waals surface area contributed by atoms with E-state index in [0.717, 1.165) is 6.42 Å². The molecule has 0 saturated heterocycles. The van der Waals surface area contributed by atoms with E-state index < -0.39 is 15.6 Å². The van der Waals surface area contributed by atoms with Crippen molar-refractivity contribution in [3.63, 3.8) is 0 Å². The Morgan fingerprint density at radius 1 is 1.00 bits per heavy atom. The Bertz CT molecular complexity index is 551. The molecular weight excluding hydrogens is 351 g/mol. The molecular formula is C18H31NaO5S. The minimum absolute atomic E-state index is 0. The number of hydrogen-bond acceptors (Lipinski definition) is 5. The van der Waals surface area contributed by atoms with Crippen LogP contribution in [-0.2, 0) is 25.6 Å². The molecule has 0 spiro atoms. The molecule has 0 N–H and O–H groups in total. The molecule has 1 unspecified atom stereocenters. The second kappa shape index (κ2) is 14.0. The van der Waals surface area contributed by atoms with Gasteiger partial charge < -0.3 is 11.1 Å². The summed E-state index contributed by atoms with van der Waals surface area (Å²) in [4.78, 5) is 4.90. The predicted molar refractivity (Wildman–Crippen MR) is 96.4 cm³/mol. The first-order valence-corrected chi connectivity index (χ1v) is 10.3. The van der Waals surface area contributed by atoms with Gasteiger partial charge in [0.05, 0.1) is 0 Å². The molecule has 0 bridgehead atoms. The van der Waals surface area contributed by atoms with E-state index in [1.807, 2.05) is 12.1 Å². The fraction of sp³-hybridized carbons (Fsp3) is 0.667. The summed E-state index contributed by atoms with van der Waals surface area (Å²) >= 11 is 0. The van der Waals surface area contributed by atoms with Crippen molar-refractivity contribution in [2.24, 2.45) is 0 Å². The smallest absolute Gasteiger partial charge is 1.00 e. The molecule has 0 fully saturated rings. The maximum Gasteiger partial charge on any atom is 1.00 e. The van der Waals surface area contributed by atoms with Gasteiger partial charge in [0.25, 0.3) is 0 Å². The van der Waals surface area contributed by atoms with E-state index in [1.54, 1.807) is 19.1 Å². The van der Waals surface area contributed by atoms with Gasteiger partial charge in [0.1, 0.15) is 0 Å². The molecule has 0 aliphatic heterocycles. The number of rotatable bonds is 13. The minimum atomic E-state index is -3.90. The number of unbranched alkanes of at least 4 members (excludes halogenated alkanes) is 5. The quantitative estimate of drug-likeness (QED) is 0.225. The van der Waals surface area contributed by atoms with E-state index in [1.165, 1.54) is 51.0 Å². The zero-order valence-corrected chi connectivity index (χ0v) is 18.8. The van der Waals surface area contributed by atoms with Crippen LogP contribution in [0.15, 0.2) is 24.3 Å². The van der Waals surface area contributed by atoms with Crippen molar-refractivity contribution in [3.8, 4) is 5.75 Å². The van der Waals surface area contributed by atoms with Crippen molar-refractivity contribution in [1.82, 2.24) is 0 Å². The van der Waals surface area contributed by atoms with Crippen LogP contribution in [-0.4, -0.2) is 20.5 Å². The Labute approximate surface area is 176 Å². The molecule has 0 amide bonds. The molecule has 0 aliphatic carbocycles. The third-order valence-electron chi connectivity index (χ3n) is 3.78. The largest absolute Gasteiger partial charge is 1.00 e. The first-order chi connectivity index (χ1) is 11.5. The van der Waals surface area contributed by atoms with Crippen LogP contribution in [0.5, 0.6) is 5.75 Å². The molecule has 5 nitrogen and oxygen atoms in total. The van der Waals surface area contributed by atoms with Crippen LogP contribution >= 0.6 is 0 Å². The van der Waals surface area contributed by atoms with Gasteiger partial charge in [-0.05, 0) is 44.4 Å². The van der Waals surface area contributed by atoms with E-state index >= 15 is 0 Å². The van der Waals surface area contributed by atoms with Crippen LogP contribution < -0.4 is 34.4 Å². The normalized spacial score (nSPS) is 12.4. The molecule has 0 saturated carbocycles. The molecule has 1 aromatic carbocycles. The van der Waals surface area contributed by atoms with E-state index in [2.05, 4.69) is 11.3 Å². The zero-order valence-electron chi connectivity index (χ0n) is 17.0. The fourth-order valence-electron chi connectivity index (χ4n) is 2.28. The predicted octanol–water partition coefficient (Wildman–Crippen LogP) is 1.73. The van der Waals surface area contributed by atoms with Crippen LogP contribution in [0.3, 0.4) is 0 Å². The Balaban J connectivity index is 0. The van der Waals surface area contributed by atoms with Crippen LogP contribution in [0.25, 0.3) is 0 Å². The number of ether oxygens (including phenoxy) is 1. The second-order valence-corrected chi connectivity index (χ2v) is 7.61. The Kier molecular flexibility index (Phi) is 13.9. The van der Waals surface area contributed by atoms with Crippen LogP contribution in [0.1, 0.15) is 66.3 Å². The van der Waals surface area contributed by atoms with Gasteiger partial charge in [-0.3, -0.25) is 0 Å². The maximum absolute atomic E-state index is 11.7. The van der Waals surface area contributed by atoms with Gasteiger partial charge in [-0.1, -0.05) is 55.5 Å². The van der Waals surface area contributed by atoms with Gasteiger partial charge >= 0.3 is 39.7 Å². The third-order valence-corrected chi connectivity index (χ3v) is 4.98. The van der Waals surface area contributed by atoms with Gasteiger partial charge in [0.15, 0.2) is 11.2 Å². The second-order valence-electron chi connectivity index (χ2n) is 5.83. The van der Waals surface area contributed by atoms with Crippen molar-refractivity contribution >= 4 is 10.1 Å². The van der Waals surface area contributed by atoms with Crippen molar-refractivity contribution in [1.29, 1.82) is 0 Å². The number of aryl methyl sites for hydroxylation is 1. The molecule has 0 heterocycles. The van der Waals surface area contributed by atoms with Gasteiger partial charge in [-0.25, -0.2) is 0 Å². The van der Waals surface area contributed by atoms with Gasteiger partial charge in [0.2, 0.25) is 0 Å². The van der Waals surface area contributed by atoms with Crippen molar-refractivity contribution in [3.05, 3.63) is 29.8 Å². The Morgan fingerprint density at radius 2 is 1.60 bits per heavy atom.